The lowest BCUT2D eigenvalue weighted by atomic mass is 9.99. The molecule has 2 aliphatic rings. The number of anilines is 2. The Balaban J connectivity index is 0.00000141. The average Bonchev–Trinajstić information content (AvgIpc) is 2.93. The Labute approximate surface area is 210 Å². The van der Waals surface area contributed by atoms with Crippen LogP contribution < -0.4 is 15.5 Å². The van der Waals surface area contributed by atoms with Crippen molar-refractivity contribution in [3.8, 4) is 6.07 Å². The Morgan fingerprint density at radius 2 is 1.80 bits per heavy atom. The minimum Gasteiger partial charge on any atom is -0.368 e. The van der Waals surface area contributed by atoms with Crippen LogP contribution >= 0.6 is 0 Å². The van der Waals surface area contributed by atoms with Crippen LogP contribution in [0.3, 0.4) is 0 Å². The smallest absolute Gasteiger partial charge is 0.147 e. The van der Waals surface area contributed by atoms with E-state index in [1.165, 1.54) is 17.5 Å². The predicted octanol–water partition coefficient (Wildman–Crippen LogP) is 4.93. The van der Waals surface area contributed by atoms with E-state index in [0.29, 0.717) is 24.0 Å². The van der Waals surface area contributed by atoms with Gasteiger partial charge in [-0.05, 0) is 31.4 Å². The van der Waals surface area contributed by atoms with E-state index in [9.17, 15) is 5.26 Å². The molecule has 6 nitrogen and oxygen atoms in total. The van der Waals surface area contributed by atoms with E-state index in [-0.39, 0.29) is 0 Å². The second kappa shape index (κ2) is 12.0. The number of nitrogens with one attached hydrogen (secondary N) is 2. The Morgan fingerprint density at radius 3 is 2.54 bits per heavy atom. The van der Waals surface area contributed by atoms with Crippen LogP contribution in [0.2, 0.25) is 0 Å². The first-order valence-corrected chi connectivity index (χ1v) is 13.0. The molecule has 0 saturated carbocycles. The van der Waals surface area contributed by atoms with Gasteiger partial charge in [0, 0.05) is 57.2 Å². The SMILES string of the molecule is CC.Cc1ccc(CNc2nc3ccccc3c(N3CCCC(N4CCNCC4)C3)c2C#N)cc1. The second-order valence-corrected chi connectivity index (χ2v) is 9.18. The van der Waals surface area contributed by atoms with Gasteiger partial charge in [0.25, 0.3) is 0 Å². The first-order valence-electron chi connectivity index (χ1n) is 13.0. The number of rotatable bonds is 5. The molecule has 184 valence electrons. The topological polar surface area (TPSA) is 67.2 Å². The molecule has 0 amide bonds. The maximum Gasteiger partial charge on any atom is 0.147 e. The van der Waals surface area contributed by atoms with E-state index in [1.807, 2.05) is 26.0 Å². The van der Waals surface area contributed by atoms with E-state index in [2.05, 4.69) is 69.8 Å². The molecular weight excluding hydrogens is 432 g/mol. The lowest BCUT2D eigenvalue weighted by molar-refractivity contribution is 0.156. The Bertz CT molecular complexity index is 1140. The number of aromatic nitrogens is 1. The summed E-state index contributed by atoms with van der Waals surface area (Å²) in [5.41, 5.74) is 5.04. The number of para-hydroxylation sites is 1. The quantitative estimate of drug-likeness (QED) is 0.551. The van der Waals surface area contributed by atoms with Gasteiger partial charge in [0.2, 0.25) is 0 Å². The molecule has 3 heterocycles. The van der Waals surface area contributed by atoms with E-state index in [0.717, 1.165) is 62.3 Å². The van der Waals surface area contributed by atoms with Gasteiger partial charge in [0.15, 0.2) is 0 Å². The van der Waals surface area contributed by atoms with Gasteiger partial charge in [-0.15, -0.1) is 0 Å². The molecule has 2 saturated heterocycles. The zero-order valence-electron chi connectivity index (χ0n) is 21.3. The average molecular weight is 471 g/mol. The highest BCUT2D eigenvalue weighted by molar-refractivity contribution is 5.97. The van der Waals surface area contributed by atoms with E-state index in [1.54, 1.807) is 0 Å². The Hall–Kier alpha value is -3.14. The number of piperazine rings is 1. The fraction of sp³-hybridized carbons (Fsp3) is 0.448. The summed E-state index contributed by atoms with van der Waals surface area (Å²) in [6.07, 6.45) is 2.36. The fourth-order valence-electron chi connectivity index (χ4n) is 5.15. The minimum absolute atomic E-state index is 0.531. The molecule has 1 atom stereocenters. The van der Waals surface area contributed by atoms with Gasteiger partial charge in [-0.3, -0.25) is 4.90 Å². The molecule has 0 spiro atoms. The standard InChI is InChI=1S/C27H32N6.C2H6/c1-20-8-10-21(11-9-20)18-30-27-24(17-28)26(23-6-2-3-7-25(23)31-27)33-14-4-5-22(19-33)32-15-12-29-13-16-32;1-2/h2-3,6-11,22,29H,4-5,12-16,18-19H2,1H3,(H,30,31);1-2H3. The first-order chi connectivity index (χ1) is 17.2. The molecule has 2 fully saturated rings. The molecule has 2 N–H and O–H groups in total. The van der Waals surface area contributed by atoms with Crippen LogP contribution in [0.1, 0.15) is 43.4 Å². The summed E-state index contributed by atoms with van der Waals surface area (Å²) in [7, 11) is 0. The van der Waals surface area contributed by atoms with Crippen molar-refractivity contribution in [3.63, 3.8) is 0 Å². The van der Waals surface area contributed by atoms with Crippen LogP contribution in [0.15, 0.2) is 48.5 Å². The number of nitrogens with zero attached hydrogens (tertiary/aromatic N) is 4. The van der Waals surface area contributed by atoms with Crippen LogP contribution in [0.5, 0.6) is 0 Å². The molecule has 0 aliphatic carbocycles. The predicted molar refractivity (Wildman–Crippen MR) is 146 cm³/mol. The fourth-order valence-corrected chi connectivity index (χ4v) is 5.15. The molecule has 1 unspecified atom stereocenters. The van der Waals surface area contributed by atoms with Crippen molar-refractivity contribution in [2.24, 2.45) is 0 Å². The minimum atomic E-state index is 0.531. The highest BCUT2D eigenvalue weighted by atomic mass is 15.3. The van der Waals surface area contributed by atoms with Gasteiger partial charge in [-0.2, -0.15) is 5.26 Å². The molecule has 6 heteroatoms. The molecule has 0 bridgehead atoms. The van der Waals surface area contributed by atoms with Gasteiger partial charge >= 0.3 is 0 Å². The van der Waals surface area contributed by atoms with Crippen LogP contribution in [-0.2, 0) is 6.54 Å². The Morgan fingerprint density at radius 1 is 1.06 bits per heavy atom. The van der Waals surface area contributed by atoms with Gasteiger partial charge in [0.05, 0.1) is 11.2 Å². The first kappa shape index (κ1) is 25.0. The highest BCUT2D eigenvalue weighted by Crippen LogP contribution is 2.36. The largest absolute Gasteiger partial charge is 0.368 e. The summed E-state index contributed by atoms with van der Waals surface area (Å²) in [5.74, 6) is 0.677. The number of fused-ring (bicyclic) bond motifs is 1. The highest BCUT2D eigenvalue weighted by Gasteiger charge is 2.29. The third-order valence-corrected chi connectivity index (χ3v) is 6.94. The maximum absolute atomic E-state index is 10.3. The lowest BCUT2D eigenvalue weighted by Crippen LogP contribution is -2.54. The molecule has 35 heavy (non-hydrogen) atoms. The monoisotopic (exact) mass is 470 g/mol. The molecule has 3 aromatic rings. The van der Waals surface area contributed by atoms with Crippen molar-refractivity contribution >= 4 is 22.4 Å². The Kier molecular flexibility index (Phi) is 8.57. The summed E-state index contributed by atoms with van der Waals surface area (Å²) in [5, 5.41) is 18.3. The number of benzene rings is 2. The summed E-state index contributed by atoms with van der Waals surface area (Å²) in [6.45, 7) is 13.0. The zero-order chi connectivity index (χ0) is 24.6. The van der Waals surface area contributed by atoms with Gasteiger partial charge in [-0.25, -0.2) is 4.98 Å². The van der Waals surface area contributed by atoms with Gasteiger partial charge < -0.3 is 15.5 Å². The van der Waals surface area contributed by atoms with Crippen molar-refractivity contribution in [2.75, 3.05) is 49.5 Å². The van der Waals surface area contributed by atoms with Gasteiger partial charge in [-0.1, -0.05) is 61.9 Å². The summed E-state index contributed by atoms with van der Waals surface area (Å²) >= 11 is 0. The van der Waals surface area contributed by atoms with E-state index >= 15 is 0 Å². The van der Waals surface area contributed by atoms with Gasteiger partial charge in [0.1, 0.15) is 17.5 Å². The second-order valence-electron chi connectivity index (χ2n) is 9.18. The molecule has 1 aromatic heterocycles. The van der Waals surface area contributed by atoms with Crippen LogP contribution in [0, 0.1) is 18.3 Å². The van der Waals surface area contributed by atoms with Crippen molar-refractivity contribution in [3.05, 3.63) is 65.2 Å². The summed E-state index contributed by atoms with van der Waals surface area (Å²) in [6, 6.07) is 19.7. The zero-order valence-corrected chi connectivity index (χ0v) is 21.3. The van der Waals surface area contributed by atoms with Crippen LogP contribution in [0.25, 0.3) is 10.9 Å². The van der Waals surface area contributed by atoms with E-state index < -0.39 is 0 Å². The number of nitriles is 1. The number of aryl methyl sites for hydroxylation is 1. The third kappa shape index (κ3) is 5.75. The normalized spacial score (nSPS) is 18.5. The lowest BCUT2D eigenvalue weighted by Gasteiger charge is -2.42. The number of hydrogen-bond donors (Lipinski definition) is 2. The maximum atomic E-state index is 10.3. The van der Waals surface area contributed by atoms with Crippen molar-refractivity contribution in [2.45, 2.75) is 46.2 Å². The third-order valence-electron chi connectivity index (χ3n) is 6.94. The number of pyridine rings is 1. The van der Waals surface area contributed by atoms with Crippen molar-refractivity contribution < 1.29 is 0 Å². The van der Waals surface area contributed by atoms with Crippen molar-refractivity contribution in [1.82, 2.24) is 15.2 Å². The molecular formula is C29H38N6. The molecule has 2 aromatic carbocycles. The molecule has 2 aliphatic heterocycles. The number of hydrogen-bond acceptors (Lipinski definition) is 6. The molecule has 0 radical (unpaired) electrons. The van der Waals surface area contributed by atoms with Crippen molar-refractivity contribution in [1.29, 1.82) is 5.26 Å². The van der Waals surface area contributed by atoms with Crippen LogP contribution in [0.4, 0.5) is 11.5 Å². The summed E-state index contributed by atoms with van der Waals surface area (Å²) in [4.78, 5) is 9.92. The molecule has 5 rings (SSSR count). The summed E-state index contributed by atoms with van der Waals surface area (Å²) < 4.78 is 0. The number of piperidine rings is 1. The van der Waals surface area contributed by atoms with Crippen LogP contribution in [-0.4, -0.2) is 55.2 Å². The van der Waals surface area contributed by atoms with E-state index in [4.69, 9.17) is 4.98 Å².